The van der Waals surface area contributed by atoms with Crippen molar-refractivity contribution in [3.05, 3.63) is 59.7 Å². The van der Waals surface area contributed by atoms with Crippen LogP contribution in [0.5, 0.6) is 5.75 Å². The molecule has 6 nitrogen and oxygen atoms in total. The lowest BCUT2D eigenvalue weighted by Crippen LogP contribution is -2.48. The average Bonchev–Trinajstić information content (AvgIpc) is 2.58. The van der Waals surface area contributed by atoms with E-state index in [9.17, 15) is 9.59 Å². The van der Waals surface area contributed by atoms with Gasteiger partial charge in [-0.1, -0.05) is 30.3 Å². The lowest BCUT2D eigenvalue weighted by Gasteiger charge is -2.36. The molecule has 2 aromatic carbocycles. The molecule has 0 fully saturated rings. The van der Waals surface area contributed by atoms with Gasteiger partial charge in [0.2, 0.25) is 0 Å². The second kappa shape index (κ2) is 6.62. The van der Waals surface area contributed by atoms with Crippen LogP contribution < -0.4 is 9.64 Å². The molecule has 2 amide bonds. The molecular formula is C18H18N2O4. The summed E-state index contributed by atoms with van der Waals surface area (Å²) < 4.78 is 5.21. The molecule has 1 aliphatic rings. The monoisotopic (exact) mass is 326 g/mol. The number of amides is 2. The Bertz CT molecular complexity index is 775. The van der Waals surface area contributed by atoms with Crippen molar-refractivity contribution in [2.45, 2.75) is 13.1 Å². The second-order valence-electron chi connectivity index (χ2n) is 5.60. The summed E-state index contributed by atoms with van der Waals surface area (Å²) in [4.78, 5) is 26.8. The maximum Gasteiger partial charge on any atom is 0.325 e. The molecule has 0 atom stereocenters. The number of fused-ring (bicyclic) bond motifs is 1. The first kappa shape index (κ1) is 15.9. The number of carbonyl (C=O) groups excluding carboxylic acids is 1. The molecule has 0 aromatic heterocycles. The van der Waals surface area contributed by atoms with Crippen molar-refractivity contribution < 1.29 is 19.4 Å². The lowest BCUT2D eigenvalue weighted by molar-refractivity contribution is -0.135. The molecule has 0 saturated heterocycles. The van der Waals surface area contributed by atoms with Crippen LogP contribution in [0.15, 0.2) is 48.5 Å². The predicted molar refractivity (Wildman–Crippen MR) is 89.1 cm³/mol. The molecule has 6 heteroatoms. The minimum Gasteiger partial charge on any atom is -0.497 e. The number of carboxylic acid groups (broad SMARTS) is 1. The number of hydrogen-bond acceptors (Lipinski definition) is 3. The van der Waals surface area contributed by atoms with Gasteiger partial charge in [-0.15, -0.1) is 0 Å². The van der Waals surface area contributed by atoms with Crippen molar-refractivity contribution in [1.29, 1.82) is 0 Å². The van der Waals surface area contributed by atoms with Crippen LogP contribution in [0.3, 0.4) is 0 Å². The summed E-state index contributed by atoms with van der Waals surface area (Å²) in [5.41, 5.74) is 2.52. The number of hydrogen-bond donors (Lipinski definition) is 1. The van der Waals surface area contributed by atoms with Gasteiger partial charge in [-0.3, -0.25) is 9.69 Å². The largest absolute Gasteiger partial charge is 0.497 e. The van der Waals surface area contributed by atoms with Gasteiger partial charge in [-0.2, -0.15) is 0 Å². The first-order chi connectivity index (χ1) is 11.6. The van der Waals surface area contributed by atoms with Crippen LogP contribution in [0.25, 0.3) is 0 Å². The van der Waals surface area contributed by atoms with E-state index in [-0.39, 0.29) is 12.6 Å². The topological polar surface area (TPSA) is 70.1 Å². The first-order valence-corrected chi connectivity index (χ1v) is 7.57. The van der Waals surface area contributed by atoms with Gasteiger partial charge in [0.25, 0.3) is 0 Å². The normalized spacial score (nSPS) is 13.6. The maximum absolute atomic E-state index is 12.7. The molecule has 1 heterocycles. The van der Waals surface area contributed by atoms with E-state index in [1.54, 1.807) is 24.1 Å². The molecular weight excluding hydrogens is 308 g/mol. The number of nitrogens with zero attached hydrogens (tertiary/aromatic N) is 2. The van der Waals surface area contributed by atoms with Crippen LogP contribution in [-0.2, 0) is 17.9 Å². The molecule has 0 unspecified atom stereocenters. The fourth-order valence-corrected chi connectivity index (χ4v) is 2.86. The van der Waals surface area contributed by atoms with Gasteiger partial charge in [0.15, 0.2) is 0 Å². The van der Waals surface area contributed by atoms with Gasteiger partial charge in [0, 0.05) is 13.1 Å². The second-order valence-corrected chi connectivity index (χ2v) is 5.60. The molecule has 0 aliphatic carbocycles. The highest BCUT2D eigenvalue weighted by Gasteiger charge is 2.31. The summed E-state index contributed by atoms with van der Waals surface area (Å²) in [7, 11) is 1.59. The Labute approximate surface area is 139 Å². The Balaban J connectivity index is 1.89. The fraction of sp³-hybridized carbons (Fsp3) is 0.222. The van der Waals surface area contributed by atoms with Gasteiger partial charge >= 0.3 is 12.0 Å². The van der Waals surface area contributed by atoms with Crippen molar-refractivity contribution in [3.8, 4) is 5.75 Å². The predicted octanol–water partition coefficient (Wildman–Crippen LogP) is 2.72. The Hall–Kier alpha value is -3.02. The molecule has 2 aromatic rings. The molecule has 1 aliphatic heterocycles. The van der Waals surface area contributed by atoms with Gasteiger partial charge < -0.3 is 14.7 Å². The molecule has 0 saturated carbocycles. The quantitative estimate of drug-likeness (QED) is 0.917. The summed E-state index contributed by atoms with van der Waals surface area (Å²) in [6, 6.07) is 14.6. The smallest absolute Gasteiger partial charge is 0.325 e. The Morgan fingerprint density at radius 2 is 2.00 bits per heavy atom. The van der Waals surface area contributed by atoms with E-state index in [1.807, 2.05) is 36.4 Å². The van der Waals surface area contributed by atoms with E-state index in [4.69, 9.17) is 9.84 Å². The number of carbonyl (C=O) groups is 2. The number of para-hydroxylation sites is 1. The maximum atomic E-state index is 12.7. The zero-order chi connectivity index (χ0) is 17.1. The van der Waals surface area contributed by atoms with Gasteiger partial charge in [0.05, 0.1) is 12.8 Å². The third kappa shape index (κ3) is 3.17. The molecule has 0 bridgehead atoms. The molecule has 1 N–H and O–H groups in total. The van der Waals surface area contributed by atoms with Crippen LogP contribution in [0.1, 0.15) is 11.1 Å². The summed E-state index contributed by atoms with van der Waals surface area (Å²) >= 11 is 0. The number of benzene rings is 2. The summed E-state index contributed by atoms with van der Waals surface area (Å²) in [5.74, 6) is -0.318. The zero-order valence-corrected chi connectivity index (χ0v) is 13.3. The van der Waals surface area contributed by atoms with Crippen molar-refractivity contribution in [2.75, 3.05) is 18.6 Å². The van der Waals surface area contributed by atoms with Crippen LogP contribution >= 0.6 is 0 Å². The summed E-state index contributed by atoms with van der Waals surface area (Å²) in [5, 5.41) is 9.12. The highest BCUT2D eigenvalue weighted by molar-refractivity contribution is 5.98. The molecule has 3 rings (SSSR count). The van der Waals surface area contributed by atoms with E-state index in [0.29, 0.717) is 18.8 Å². The zero-order valence-electron chi connectivity index (χ0n) is 13.3. The minimum atomic E-state index is -1.04. The van der Waals surface area contributed by atoms with Gasteiger partial charge in [0.1, 0.15) is 12.3 Å². The van der Waals surface area contributed by atoms with Crippen LogP contribution in [-0.4, -0.2) is 35.7 Å². The number of ether oxygens (including phenoxy) is 1. The van der Waals surface area contributed by atoms with E-state index < -0.39 is 5.97 Å². The van der Waals surface area contributed by atoms with E-state index in [2.05, 4.69) is 0 Å². The number of methoxy groups -OCH3 is 1. The number of carboxylic acids is 1. The van der Waals surface area contributed by atoms with Gasteiger partial charge in [-0.25, -0.2) is 4.79 Å². The van der Waals surface area contributed by atoms with Crippen molar-refractivity contribution in [1.82, 2.24) is 4.90 Å². The van der Waals surface area contributed by atoms with Gasteiger partial charge in [-0.05, 0) is 29.3 Å². The standard InChI is InChI=1S/C18H18N2O4/c1-24-15-7-4-5-13(9-15)10-19-11-14-6-2-3-8-16(14)20(18(19)23)12-17(21)22/h2-9H,10-12H2,1H3,(H,21,22). The molecule has 124 valence electrons. The lowest BCUT2D eigenvalue weighted by atomic mass is 10.1. The SMILES string of the molecule is COc1cccc(CN2Cc3ccccc3N(CC(=O)O)C2=O)c1. The highest BCUT2D eigenvalue weighted by atomic mass is 16.5. The van der Waals surface area contributed by atoms with E-state index >= 15 is 0 Å². The van der Waals surface area contributed by atoms with Crippen molar-refractivity contribution >= 4 is 17.7 Å². The summed E-state index contributed by atoms with van der Waals surface area (Å²) in [6.07, 6.45) is 0. The Kier molecular flexibility index (Phi) is 4.37. The highest BCUT2D eigenvalue weighted by Crippen LogP contribution is 2.29. The summed E-state index contributed by atoms with van der Waals surface area (Å²) in [6.45, 7) is 0.479. The molecule has 24 heavy (non-hydrogen) atoms. The van der Waals surface area contributed by atoms with Crippen LogP contribution in [0.4, 0.5) is 10.5 Å². The van der Waals surface area contributed by atoms with Crippen LogP contribution in [0, 0.1) is 0 Å². The first-order valence-electron chi connectivity index (χ1n) is 7.57. The number of rotatable bonds is 5. The molecule has 0 radical (unpaired) electrons. The number of urea groups is 1. The number of aliphatic carboxylic acids is 1. The third-order valence-electron chi connectivity index (χ3n) is 3.95. The Morgan fingerprint density at radius 1 is 1.21 bits per heavy atom. The molecule has 0 spiro atoms. The third-order valence-corrected chi connectivity index (χ3v) is 3.95. The average molecular weight is 326 g/mol. The van der Waals surface area contributed by atoms with Crippen molar-refractivity contribution in [3.63, 3.8) is 0 Å². The van der Waals surface area contributed by atoms with E-state index in [1.165, 1.54) is 4.90 Å². The van der Waals surface area contributed by atoms with Crippen molar-refractivity contribution in [2.24, 2.45) is 0 Å². The van der Waals surface area contributed by atoms with Crippen LogP contribution in [0.2, 0.25) is 0 Å². The number of anilines is 1. The fourth-order valence-electron chi connectivity index (χ4n) is 2.86. The Morgan fingerprint density at radius 3 is 2.75 bits per heavy atom. The minimum absolute atomic E-state index is 0.307. The van der Waals surface area contributed by atoms with E-state index in [0.717, 1.165) is 16.9 Å².